The molecule has 94 valence electrons. The van der Waals surface area contributed by atoms with Crippen molar-refractivity contribution < 1.29 is 13.2 Å². The Morgan fingerprint density at radius 3 is 3.00 bits per heavy atom. The summed E-state index contributed by atoms with van der Waals surface area (Å²) in [6.45, 7) is 0.733. The Morgan fingerprint density at radius 1 is 1.53 bits per heavy atom. The maximum atomic E-state index is 12.0. The maximum Gasteiger partial charge on any atom is 0.197 e. The first kappa shape index (κ1) is 12.3. The first-order valence-corrected chi connectivity index (χ1v) is 7.30. The zero-order chi connectivity index (χ0) is 12.3. The van der Waals surface area contributed by atoms with Crippen LogP contribution >= 0.6 is 0 Å². The number of pyridine rings is 1. The smallest absolute Gasteiger partial charge is 0.197 e. The van der Waals surface area contributed by atoms with Gasteiger partial charge in [-0.25, -0.2) is 13.4 Å². The van der Waals surface area contributed by atoms with E-state index in [9.17, 15) is 8.42 Å². The first-order chi connectivity index (χ1) is 8.09. The summed E-state index contributed by atoms with van der Waals surface area (Å²) in [7, 11) is -3.39. The van der Waals surface area contributed by atoms with Crippen LogP contribution in [0.1, 0.15) is 19.3 Å². The molecule has 17 heavy (non-hydrogen) atoms. The van der Waals surface area contributed by atoms with Crippen LogP contribution in [0.25, 0.3) is 0 Å². The molecule has 0 saturated carbocycles. The number of nitrogen functional groups attached to an aromatic ring is 1. The molecule has 5 nitrogen and oxygen atoms in total. The lowest BCUT2D eigenvalue weighted by atomic mass is 10.2. The fourth-order valence-corrected chi connectivity index (χ4v) is 3.33. The normalized spacial score (nSPS) is 20.6. The van der Waals surface area contributed by atoms with E-state index in [1.54, 1.807) is 12.1 Å². The number of hydrogen-bond acceptors (Lipinski definition) is 5. The molecular formula is C11H16N2O3S. The predicted molar refractivity (Wildman–Crippen MR) is 64.3 cm³/mol. The van der Waals surface area contributed by atoms with Crippen LogP contribution in [-0.4, -0.2) is 31.9 Å². The number of anilines is 1. The van der Waals surface area contributed by atoms with Gasteiger partial charge in [-0.15, -0.1) is 0 Å². The Bertz CT molecular complexity index is 481. The van der Waals surface area contributed by atoms with Crippen molar-refractivity contribution in [2.45, 2.75) is 30.4 Å². The summed E-state index contributed by atoms with van der Waals surface area (Å²) in [4.78, 5) is 3.84. The van der Waals surface area contributed by atoms with Crippen LogP contribution < -0.4 is 5.73 Å². The largest absolute Gasteiger partial charge is 0.396 e. The number of sulfone groups is 1. The van der Waals surface area contributed by atoms with Crippen molar-refractivity contribution in [3.8, 4) is 0 Å². The Balaban J connectivity index is 2.06. The maximum absolute atomic E-state index is 12.0. The number of nitrogens with two attached hydrogens (primary N) is 1. The highest BCUT2D eigenvalue weighted by molar-refractivity contribution is 7.91. The number of rotatable bonds is 4. The van der Waals surface area contributed by atoms with E-state index < -0.39 is 9.84 Å². The third kappa shape index (κ3) is 2.95. The molecule has 1 aliphatic rings. The zero-order valence-corrected chi connectivity index (χ0v) is 10.3. The van der Waals surface area contributed by atoms with Crippen LogP contribution in [0.3, 0.4) is 0 Å². The van der Waals surface area contributed by atoms with E-state index in [1.165, 1.54) is 6.20 Å². The minimum atomic E-state index is -3.39. The standard InChI is InChI=1S/C11H16N2O3S/c12-10-4-1-6-13-11(10)17(14,15)8-5-9-3-2-7-16-9/h1,4,6,9H,2-3,5,7-8,12H2. The molecule has 0 aromatic carbocycles. The molecule has 1 aromatic heterocycles. The SMILES string of the molecule is Nc1cccnc1S(=O)(=O)CCC1CCCO1. The van der Waals surface area contributed by atoms with Crippen molar-refractivity contribution in [1.29, 1.82) is 0 Å². The van der Waals surface area contributed by atoms with Crippen molar-refractivity contribution in [3.05, 3.63) is 18.3 Å². The van der Waals surface area contributed by atoms with Crippen LogP contribution in [-0.2, 0) is 14.6 Å². The van der Waals surface area contributed by atoms with E-state index in [0.717, 1.165) is 19.4 Å². The van der Waals surface area contributed by atoms with Crippen LogP contribution in [0.4, 0.5) is 5.69 Å². The highest BCUT2D eigenvalue weighted by Crippen LogP contribution is 2.20. The summed E-state index contributed by atoms with van der Waals surface area (Å²) in [5.41, 5.74) is 5.83. The molecule has 6 heteroatoms. The summed E-state index contributed by atoms with van der Waals surface area (Å²) < 4.78 is 29.4. The zero-order valence-electron chi connectivity index (χ0n) is 9.50. The average Bonchev–Trinajstić information content (AvgIpc) is 2.80. The summed E-state index contributed by atoms with van der Waals surface area (Å²) in [5, 5.41) is -0.0157. The van der Waals surface area contributed by atoms with Crippen molar-refractivity contribution in [2.24, 2.45) is 0 Å². The molecule has 1 saturated heterocycles. The quantitative estimate of drug-likeness (QED) is 0.869. The lowest BCUT2D eigenvalue weighted by Crippen LogP contribution is -2.16. The fraction of sp³-hybridized carbons (Fsp3) is 0.545. The lowest BCUT2D eigenvalue weighted by molar-refractivity contribution is 0.109. The van der Waals surface area contributed by atoms with Crippen molar-refractivity contribution in [3.63, 3.8) is 0 Å². The second-order valence-corrected chi connectivity index (χ2v) is 6.16. The lowest BCUT2D eigenvalue weighted by Gasteiger charge is -2.10. The predicted octanol–water partition coefficient (Wildman–Crippen LogP) is 1.01. The molecule has 1 aromatic rings. The van der Waals surface area contributed by atoms with E-state index in [4.69, 9.17) is 10.5 Å². The van der Waals surface area contributed by atoms with Crippen LogP contribution in [0.15, 0.2) is 23.4 Å². The van der Waals surface area contributed by atoms with E-state index in [0.29, 0.717) is 6.42 Å². The molecule has 2 heterocycles. The molecule has 0 radical (unpaired) electrons. The van der Waals surface area contributed by atoms with Gasteiger partial charge in [-0.3, -0.25) is 0 Å². The fourth-order valence-electron chi connectivity index (χ4n) is 1.92. The van der Waals surface area contributed by atoms with E-state index in [2.05, 4.69) is 4.98 Å². The van der Waals surface area contributed by atoms with Gasteiger partial charge in [-0.05, 0) is 31.4 Å². The van der Waals surface area contributed by atoms with Gasteiger partial charge in [0, 0.05) is 12.8 Å². The first-order valence-electron chi connectivity index (χ1n) is 5.64. The number of nitrogens with zero attached hydrogens (tertiary/aromatic N) is 1. The second-order valence-electron chi connectivity index (χ2n) is 4.14. The summed E-state index contributed by atoms with van der Waals surface area (Å²) >= 11 is 0. The Hall–Kier alpha value is -1.14. The van der Waals surface area contributed by atoms with Crippen LogP contribution in [0.2, 0.25) is 0 Å². The third-order valence-corrected chi connectivity index (χ3v) is 4.53. The van der Waals surface area contributed by atoms with Gasteiger partial charge in [-0.1, -0.05) is 0 Å². The van der Waals surface area contributed by atoms with Gasteiger partial charge < -0.3 is 10.5 Å². The highest BCUT2D eigenvalue weighted by atomic mass is 32.2. The van der Waals surface area contributed by atoms with Gasteiger partial charge >= 0.3 is 0 Å². The molecule has 0 amide bonds. The molecular weight excluding hydrogens is 240 g/mol. The highest BCUT2D eigenvalue weighted by Gasteiger charge is 2.23. The summed E-state index contributed by atoms with van der Waals surface area (Å²) in [5.74, 6) is 0.0406. The van der Waals surface area contributed by atoms with Crippen molar-refractivity contribution >= 4 is 15.5 Å². The number of hydrogen-bond donors (Lipinski definition) is 1. The molecule has 1 fully saturated rings. The Labute approximate surface area is 101 Å². The van der Waals surface area contributed by atoms with Gasteiger partial charge in [0.1, 0.15) is 0 Å². The Morgan fingerprint density at radius 2 is 2.35 bits per heavy atom. The van der Waals surface area contributed by atoms with Gasteiger partial charge in [0.25, 0.3) is 0 Å². The molecule has 1 atom stereocenters. The van der Waals surface area contributed by atoms with E-state index >= 15 is 0 Å². The third-order valence-electron chi connectivity index (χ3n) is 2.83. The molecule has 2 rings (SSSR count). The minimum absolute atomic E-state index is 0.0157. The molecule has 0 bridgehead atoms. The summed E-state index contributed by atoms with van der Waals surface area (Å²) in [6.07, 6.45) is 3.96. The minimum Gasteiger partial charge on any atom is -0.396 e. The average molecular weight is 256 g/mol. The topological polar surface area (TPSA) is 82.3 Å². The van der Waals surface area contributed by atoms with Gasteiger partial charge in [0.05, 0.1) is 17.5 Å². The number of aromatic nitrogens is 1. The molecule has 0 spiro atoms. The van der Waals surface area contributed by atoms with Gasteiger partial charge in [0.2, 0.25) is 0 Å². The second kappa shape index (κ2) is 5.01. The Kier molecular flexibility index (Phi) is 3.63. The van der Waals surface area contributed by atoms with Crippen molar-refractivity contribution in [2.75, 3.05) is 18.1 Å². The van der Waals surface area contributed by atoms with E-state index in [-0.39, 0.29) is 22.6 Å². The van der Waals surface area contributed by atoms with Crippen molar-refractivity contribution in [1.82, 2.24) is 4.98 Å². The van der Waals surface area contributed by atoms with E-state index in [1.807, 2.05) is 0 Å². The van der Waals surface area contributed by atoms with Crippen LogP contribution in [0, 0.1) is 0 Å². The monoisotopic (exact) mass is 256 g/mol. The molecule has 1 unspecified atom stereocenters. The molecule has 1 aliphatic heterocycles. The molecule has 2 N–H and O–H groups in total. The molecule has 0 aliphatic carbocycles. The van der Waals surface area contributed by atoms with Crippen LogP contribution in [0.5, 0.6) is 0 Å². The number of ether oxygens (including phenoxy) is 1. The van der Waals surface area contributed by atoms with Gasteiger partial charge in [-0.2, -0.15) is 0 Å². The van der Waals surface area contributed by atoms with Gasteiger partial charge in [0.15, 0.2) is 14.9 Å². The summed E-state index contributed by atoms with van der Waals surface area (Å²) in [6, 6.07) is 3.17.